The van der Waals surface area contributed by atoms with Crippen molar-refractivity contribution < 1.29 is 0 Å². The van der Waals surface area contributed by atoms with Crippen LogP contribution in [0.2, 0.25) is 0 Å². The minimum atomic E-state index is 0. The van der Waals surface area contributed by atoms with Crippen molar-refractivity contribution in [3.63, 3.8) is 0 Å². The van der Waals surface area contributed by atoms with Gasteiger partial charge in [0.15, 0.2) is 0 Å². The van der Waals surface area contributed by atoms with Gasteiger partial charge in [0.1, 0.15) is 0 Å². The first-order valence-corrected chi connectivity index (χ1v) is 2.72. The maximum Gasteiger partial charge on any atom is 0.0587 e. The zero-order valence-corrected chi connectivity index (χ0v) is 6.00. The van der Waals surface area contributed by atoms with E-state index in [2.05, 4.69) is 0 Å². The molecule has 0 aromatic heterocycles. The molecule has 0 heterocycles. The van der Waals surface area contributed by atoms with Crippen LogP contribution in [-0.2, 0) is 0 Å². The molecule has 1 aliphatic carbocycles. The highest BCUT2D eigenvalue weighted by Gasteiger charge is 1.95. The summed E-state index contributed by atoms with van der Waals surface area (Å²) in [6, 6.07) is 1.75. The predicted octanol–water partition coefficient (Wildman–Crippen LogP) is 2.51. The first kappa shape index (κ1) is 10.7. The summed E-state index contributed by atoms with van der Waals surface area (Å²) >= 11 is 0. The minimum Gasteiger partial charge on any atom is -0.199 e. The van der Waals surface area contributed by atoms with E-state index in [9.17, 15) is 0 Å². The quantitative estimate of drug-likeness (QED) is 0.498. The summed E-state index contributed by atoms with van der Waals surface area (Å²) in [5.41, 5.74) is 0. The number of hydrogen-bond acceptors (Lipinski definition) is 1. The Balaban J connectivity index is 0. The zero-order valence-electron chi connectivity index (χ0n) is 5.18. The molecule has 1 saturated carbocycles. The third-order valence-electron chi connectivity index (χ3n) is 1.000. The molecule has 0 amide bonds. The first-order chi connectivity index (χ1) is 3.41. The summed E-state index contributed by atoms with van der Waals surface area (Å²) in [5.74, 6) is 0. The van der Waals surface area contributed by atoms with Gasteiger partial charge in [-0.1, -0.05) is 25.7 Å². The lowest BCUT2D eigenvalue weighted by Gasteiger charge is -2.05. The molecule has 0 saturated heterocycles. The van der Waals surface area contributed by atoms with E-state index in [1.807, 2.05) is 0 Å². The fraction of sp³-hybridized carbons (Fsp3) is 0.833. The SMILES string of the molecule is C1CCC1.CC#N.Cl. The summed E-state index contributed by atoms with van der Waals surface area (Å²) in [4.78, 5) is 0. The average molecular weight is 134 g/mol. The number of halogens is 1. The van der Waals surface area contributed by atoms with E-state index in [4.69, 9.17) is 5.26 Å². The lowest BCUT2D eigenvalue weighted by Crippen LogP contribution is -1.85. The molecule has 0 radical (unpaired) electrons. The molecule has 1 rings (SSSR count). The number of rotatable bonds is 0. The second-order valence-electron chi connectivity index (χ2n) is 1.64. The van der Waals surface area contributed by atoms with E-state index in [1.54, 1.807) is 6.07 Å². The molecule has 0 aromatic rings. The highest BCUT2D eigenvalue weighted by atomic mass is 35.5. The molecule has 0 spiro atoms. The van der Waals surface area contributed by atoms with Crippen LogP contribution in [0.25, 0.3) is 0 Å². The smallest absolute Gasteiger partial charge is 0.0587 e. The Hall–Kier alpha value is -0.220. The predicted molar refractivity (Wildman–Crippen MR) is 37.0 cm³/mol. The number of nitriles is 1. The Kier molecular flexibility index (Phi) is 13.3. The van der Waals surface area contributed by atoms with Gasteiger partial charge in [0.25, 0.3) is 0 Å². The van der Waals surface area contributed by atoms with E-state index in [0.29, 0.717) is 0 Å². The van der Waals surface area contributed by atoms with Crippen molar-refractivity contribution in [2.24, 2.45) is 0 Å². The summed E-state index contributed by atoms with van der Waals surface area (Å²) in [5, 5.41) is 7.32. The van der Waals surface area contributed by atoms with Gasteiger partial charge < -0.3 is 0 Å². The lowest BCUT2D eigenvalue weighted by atomic mass is 10.0. The molecule has 1 fully saturated rings. The standard InChI is InChI=1S/C4H8.C2H3N.ClH/c1-2-4-3-1;1-2-3;/h1-4H2;1H3;1H. The zero-order chi connectivity index (χ0) is 5.54. The topological polar surface area (TPSA) is 23.8 Å². The Bertz CT molecular complexity index is 57.4. The van der Waals surface area contributed by atoms with Gasteiger partial charge in [-0.15, -0.1) is 12.4 Å². The molecule has 48 valence electrons. The van der Waals surface area contributed by atoms with Crippen LogP contribution in [0.1, 0.15) is 32.6 Å². The summed E-state index contributed by atoms with van der Waals surface area (Å²) in [7, 11) is 0. The molecular formula is C6H12ClN. The average Bonchev–Trinajstić information content (AvgIpc) is 1.27. The van der Waals surface area contributed by atoms with Crippen LogP contribution in [0.15, 0.2) is 0 Å². The Morgan fingerprint density at radius 3 is 1.25 bits per heavy atom. The van der Waals surface area contributed by atoms with E-state index in [0.717, 1.165) is 0 Å². The van der Waals surface area contributed by atoms with Crippen molar-refractivity contribution in [2.75, 3.05) is 0 Å². The van der Waals surface area contributed by atoms with Crippen molar-refractivity contribution in [3.05, 3.63) is 0 Å². The fourth-order valence-electron chi connectivity index (χ4n) is 0.250. The van der Waals surface area contributed by atoms with Crippen LogP contribution in [0, 0.1) is 11.3 Å². The molecule has 1 nitrogen and oxygen atoms in total. The Morgan fingerprint density at radius 1 is 1.12 bits per heavy atom. The van der Waals surface area contributed by atoms with Crippen molar-refractivity contribution in [1.82, 2.24) is 0 Å². The number of nitrogens with zero attached hydrogens (tertiary/aromatic N) is 1. The molecule has 0 aliphatic heterocycles. The maximum absolute atomic E-state index is 7.32. The second-order valence-corrected chi connectivity index (χ2v) is 1.64. The van der Waals surface area contributed by atoms with Crippen molar-refractivity contribution in [3.8, 4) is 6.07 Å². The fourth-order valence-corrected chi connectivity index (χ4v) is 0.250. The molecule has 0 aromatic carbocycles. The molecular weight excluding hydrogens is 122 g/mol. The first-order valence-electron chi connectivity index (χ1n) is 2.72. The van der Waals surface area contributed by atoms with Gasteiger partial charge in [-0.2, -0.15) is 5.26 Å². The monoisotopic (exact) mass is 133 g/mol. The molecule has 2 heteroatoms. The summed E-state index contributed by atoms with van der Waals surface area (Å²) in [6.45, 7) is 1.43. The normalized spacial score (nSPS) is 13.0. The van der Waals surface area contributed by atoms with E-state index in [1.165, 1.54) is 32.6 Å². The Morgan fingerprint density at radius 2 is 1.25 bits per heavy atom. The largest absolute Gasteiger partial charge is 0.199 e. The molecule has 0 bridgehead atoms. The molecule has 8 heavy (non-hydrogen) atoms. The molecule has 0 unspecified atom stereocenters. The van der Waals surface area contributed by atoms with E-state index < -0.39 is 0 Å². The van der Waals surface area contributed by atoms with Gasteiger partial charge in [0.05, 0.1) is 6.07 Å². The van der Waals surface area contributed by atoms with Crippen LogP contribution >= 0.6 is 12.4 Å². The Labute approximate surface area is 57.1 Å². The molecule has 0 atom stereocenters. The van der Waals surface area contributed by atoms with Gasteiger partial charge in [0.2, 0.25) is 0 Å². The minimum absolute atomic E-state index is 0. The van der Waals surface area contributed by atoms with Crippen molar-refractivity contribution >= 4 is 12.4 Å². The summed E-state index contributed by atoms with van der Waals surface area (Å²) < 4.78 is 0. The third-order valence-corrected chi connectivity index (χ3v) is 1.000. The van der Waals surface area contributed by atoms with Crippen LogP contribution in [0.4, 0.5) is 0 Å². The number of hydrogen-bond donors (Lipinski definition) is 0. The van der Waals surface area contributed by atoms with Gasteiger partial charge in [0, 0.05) is 6.92 Å². The third kappa shape index (κ3) is 9.24. The van der Waals surface area contributed by atoms with E-state index >= 15 is 0 Å². The van der Waals surface area contributed by atoms with Gasteiger partial charge in [-0.05, 0) is 0 Å². The van der Waals surface area contributed by atoms with E-state index in [-0.39, 0.29) is 12.4 Å². The summed E-state index contributed by atoms with van der Waals surface area (Å²) in [6.07, 6.45) is 6.00. The van der Waals surface area contributed by atoms with Gasteiger partial charge in [-0.25, -0.2) is 0 Å². The van der Waals surface area contributed by atoms with Crippen LogP contribution in [0.3, 0.4) is 0 Å². The van der Waals surface area contributed by atoms with Crippen LogP contribution in [0.5, 0.6) is 0 Å². The highest BCUT2D eigenvalue weighted by molar-refractivity contribution is 5.85. The van der Waals surface area contributed by atoms with Crippen LogP contribution in [-0.4, -0.2) is 0 Å². The van der Waals surface area contributed by atoms with Crippen LogP contribution < -0.4 is 0 Å². The molecule has 0 N–H and O–H groups in total. The second kappa shape index (κ2) is 9.91. The van der Waals surface area contributed by atoms with Gasteiger partial charge >= 0.3 is 0 Å². The van der Waals surface area contributed by atoms with Crippen molar-refractivity contribution in [1.29, 1.82) is 5.26 Å². The maximum atomic E-state index is 7.32. The van der Waals surface area contributed by atoms with Crippen molar-refractivity contribution in [2.45, 2.75) is 32.6 Å². The highest BCUT2D eigenvalue weighted by Crippen LogP contribution is 2.15. The molecule has 1 aliphatic rings. The lowest BCUT2D eigenvalue weighted by molar-refractivity contribution is 0.504. The van der Waals surface area contributed by atoms with Gasteiger partial charge in [-0.3, -0.25) is 0 Å².